The second-order valence-electron chi connectivity index (χ2n) is 2.97. The maximum atomic E-state index is 12.2. The Labute approximate surface area is 92.2 Å². The molecule has 0 atom stereocenters. The van der Waals surface area contributed by atoms with E-state index in [1.165, 1.54) is 10.8 Å². The SMILES string of the molecule is Nc1nc2cc(Br)cnc2n1CC(F)F. The van der Waals surface area contributed by atoms with Crippen molar-refractivity contribution >= 4 is 33.0 Å². The molecule has 0 bridgehead atoms. The van der Waals surface area contributed by atoms with Gasteiger partial charge in [-0.25, -0.2) is 18.7 Å². The number of aromatic nitrogens is 3. The maximum absolute atomic E-state index is 12.2. The minimum atomic E-state index is -2.48. The van der Waals surface area contributed by atoms with Crippen LogP contribution in [0, 0.1) is 0 Å². The number of nitrogens with zero attached hydrogens (tertiary/aromatic N) is 3. The standard InChI is InChI=1S/C8H7BrF2N4/c9-4-1-5-7(13-2-4)15(3-6(10)11)8(12)14-5/h1-2,6H,3H2,(H2,12,14). The lowest BCUT2D eigenvalue weighted by Gasteiger charge is -2.03. The zero-order valence-electron chi connectivity index (χ0n) is 7.49. The monoisotopic (exact) mass is 276 g/mol. The second-order valence-corrected chi connectivity index (χ2v) is 3.88. The molecule has 0 aliphatic rings. The van der Waals surface area contributed by atoms with E-state index in [0.29, 0.717) is 11.2 Å². The lowest BCUT2D eigenvalue weighted by Crippen LogP contribution is -2.10. The highest BCUT2D eigenvalue weighted by molar-refractivity contribution is 9.10. The number of hydrogen-bond donors (Lipinski definition) is 1. The van der Waals surface area contributed by atoms with Gasteiger partial charge in [0.15, 0.2) is 5.65 Å². The number of alkyl halides is 2. The molecule has 0 spiro atoms. The molecule has 2 rings (SSSR count). The summed E-state index contributed by atoms with van der Waals surface area (Å²) in [4.78, 5) is 7.94. The van der Waals surface area contributed by atoms with E-state index in [0.717, 1.165) is 4.47 Å². The van der Waals surface area contributed by atoms with E-state index in [-0.39, 0.29) is 5.95 Å². The Morgan fingerprint density at radius 1 is 1.53 bits per heavy atom. The normalized spacial score (nSPS) is 11.5. The van der Waals surface area contributed by atoms with Gasteiger partial charge in [-0.05, 0) is 22.0 Å². The van der Waals surface area contributed by atoms with Gasteiger partial charge in [-0.2, -0.15) is 0 Å². The van der Waals surface area contributed by atoms with Crippen LogP contribution >= 0.6 is 15.9 Å². The number of nitrogens with two attached hydrogens (primary N) is 1. The molecule has 80 valence electrons. The number of pyridine rings is 1. The Hall–Kier alpha value is -1.24. The summed E-state index contributed by atoms with van der Waals surface area (Å²) in [6.45, 7) is -0.489. The molecule has 0 fully saturated rings. The van der Waals surface area contributed by atoms with Gasteiger partial charge in [-0.3, -0.25) is 4.57 Å². The largest absolute Gasteiger partial charge is 0.369 e. The summed E-state index contributed by atoms with van der Waals surface area (Å²) >= 11 is 3.22. The van der Waals surface area contributed by atoms with Crippen LogP contribution in [0.2, 0.25) is 0 Å². The third-order valence-electron chi connectivity index (χ3n) is 1.90. The predicted molar refractivity (Wildman–Crippen MR) is 55.6 cm³/mol. The molecule has 7 heteroatoms. The van der Waals surface area contributed by atoms with Crippen LogP contribution in [-0.4, -0.2) is 21.0 Å². The van der Waals surface area contributed by atoms with Crippen molar-refractivity contribution < 1.29 is 8.78 Å². The van der Waals surface area contributed by atoms with Crippen molar-refractivity contribution in [3.8, 4) is 0 Å². The van der Waals surface area contributed by atoms with Crippen LogP contribution in [0.4, 0.5) is 14.7 Å². The lowest BCUT2D eigenvalue weighted by atomic mass is 10.4. The Morgan fingerprint density at radius 2 is 2.27 bits per heavy atom. The van der Waals surface area contributed by atoms with E-state index in [1.54, 1.807) is 6.07 Å². The third-order valence-corrected chi connectivity index (χ3v) is 2.34. The molecule has 0 aromatic carbocycles. The molecule has 0 amide bonds. The highest BCUT2D eigenvalue weighted by Gasteiger charge is 2.13. The first-order valence-electron chi connectivity index (χ1n) is 4.13. The van der Waals surface area contributed by atoms with E-state index >= 15 is 0 Å². The van der Waals surface area contributed by atoms with Crippen molar-refractivity contribution in [2.45, 2.75) is 13.0 Å². The number of fused-ring (bicyclic) bond motifs is 1. The van der Waals surface area contributed by atoms with E-state index in [2.05, 4.69) is 25.9 Å². The van der Waals surface area contributed by atoms with Crippen molar-refractivity contribution in [3.63, 3.8) is 0 Å². The van der Waals surface area contributed by atoms with Crippen LogP contribution in [0.1, 0.15) is 0 Å². The number of anilines is 1. The summed E-state index contributed by atoms with van der Waals surface area (Å²) < 4.78 is 26.4. The predicted octanol–water partition coefficient (Wildman–Crippen LogP) is 2.04. The van der Waals surface area contributed by atoms with Crippen molar-refractivity contribution in [2.75, 3.05) is 5.73 Å². The first-order chi connectivity index (χ1) is 7.08. The van der Waals surface area contributed by atoms with Gasteiger partial charge < -0.3 is 5.73 Å². The van der Waals surface area contributed by atoms with Crippen LogP contribution in [-0.2, 0) is 6.54 Å². The quantitative estimate of drug-likeness (QED) is 0.913. The summed E-state index contributed by atoms with van der Waals surface area (Å²) in [6, 6.07) is 1.68. The molecule has 15 heavy (non-hydrogen) atoms. The zero-order chi connectivity index (χ0) is 11.0. The Bertz CT molecular complexity index is 497. The molecule has 0 unspecified atom stereocenters. The lowest BCUT2D eigenvalue weighted by molar-refractivity contribution is 0.128. The molecule has 4 nitrogen and oxygen atoms in total. The van der Waals surface area contributed by atoms with Gasteiger partial charge in [-0.15, -0.1) is 0 Å². The summed E-state index contributed by atoms with van der Waals surface area (Å²) in [5, 5.41) is 0. The highest BCUT2D eigenvalue weighted by Crippen LogP contribution is 2.20. The van der Waals surface area contributed by atoms with Crippen molar-refractivity contribution in [2.24, 2.45) is 0 Å². The first-order valence-corrected chi connectivity index (χ1v) is 4.92. The zero-order valence-corrected chi connectivity index (χ0v) is 9.08. The molecule has 0 saturated heterocycles. The number of nitrogen functional groups attached to an aromatic ring is 1. The molecule has 0 aliphatic carbocycles. The third kappa shape index (κ3) is 1.92. The molecule has 2 N–H and O–H groups in total. The fourth-order valence-electron chi connectivity index (χ4n) is 1.32. The average molecular weight is 277 g/mol. The molecular formula is C8H7BrF2N4. The maximum Gasteiger partial charge on any atom is 0.256 e. The summed E-state index contributed by atoms with van der Waals surface area (Å²) in [5.41, 5.74) is 6.39. The van der Waals surface area contributed by atoms with Crippen LogP contribution in [0.25, 0.3) is 11.2 Å². The van der Waals surface area contributed by atoms with Crippen molar-refractivity contribution in [1.29, 1.82) is 0 Å². The molecule has 0 aliphatic heterocycles. The van der Waals surface area contributed by atoms with Crippen LogP contribution in [0.15, 0.2) is 16.7 Å². The number of rotatable bonds is 2. The van der Waals surface area contributed by atoms with Gasteiger partial charge in [0, 0.05) is 10.7 Å². The molecule has 2 aromatic heterocycles. The van der Waals surface area contributed by atoms with Gasteiger partial charge in [0.25, 0.3) is 6.43 Å². The van der Waals surface area contributed by atoms with E-state index in [4.69, 9.17) is 5.73 Å². The molecular weight excluding hydrogens is 270 g/mol. The van der Waals surface area contributed by atoms with E-state index in [1.807, 2.05) is 0 Å². The van der Waals surface area contributed by atoms with Crippen LogP contribution in [0.5, 0.6) is 0 Å². The number of halogens is 3. The van der Waals surface area contributed by atoms with Gasteiger partial charge in [0.2, 0.25) is 5.95 Å². The van der Waals surface area contributed by atoms with Crippen LogP contribution in [0.3, 0.4) is 0 Å². The molecule has 2 heterocycles. The molecule has 2 aromatic rings. The van der Waals surface area contributed by atoms with Gasteiger partial charge in [-0.1, -0.05) is 0 Å². The minimum absolute atomic E-state index is 0.0518. The Kier molecular flexibility index (Phi) is 2.56. The first kappa shape index (κ1) is 10.3. The Morgan fingerprint density at radius 3 is 2.93 bits per heavy atom. The smallest absolute Gasteiger partial charge is 0.256 e. The molecule has 0 saturated carbocycles. The average Bonchev–Trinajstić information content (AvgIpc) is 2.41. The summed E-state index contributed by atoms with van der Waals surface area (Å²) in [6.07, 6.45) is -0.957. The van der Waals surface area contributed by atoms with Crippen LogP contribution < -0.4 is 5.73 Å². The van der Waals surface area contributed by atoms with Crippen molar-refractivity contribution in [3.05, 3.63) is 16.7 Å². The summed E-state index contributed by atoms with van der Waals surface area (Å²) in [7, 11) is 0. The second kappa shape index (κ2) is 3.73. The molecule has 0 radical (unpaired) electrons. The van der Waals surface area contributed by atoms with E-state index < -0.39 is 13.0 Å². The van der Waals surface area contributed by atoms with Gasteiger partial charge >= 0.3 is 0 Å². The van der Waals surface area contributed by atoms with Gasteiger partial charge in [0.1, 0.15) is 5.52 Å². The number of hydrogen-bond acceptors (Lipinski definition) is 3. The van der Waals surface area contributed by atoms with E-state index in [9.17, 15) is 8.78 Å². The highest BCUT2D eigenvalue weighted by atomic mass is 79.9. The number of imidazole rings is 1. The fourth-order valence-corrected chi connectivity index (χ4v) is 1.64. The van der Waals surface area contributed by atoms with Crippen molar-refractivity contribution in [1.82, 2.24) is 14.5 Å². The topological polar surface area (TPSA) is 56.7 Å². The minimum Gasteiger partial charge on any atom is -0.369 e. The Balaban J connectivity index is 2.58. The summed E-state index contributed by atoms with van der Waals surface area (Å²) in [5.74, 6) is 0.0518. The fraction of sp³-hybridized carbons (Fsp3) is 0.250. The van der Waals surface area contributed by atoms with Gasteiger partial charge in [0.05, 0.1) is 6.54 Å².